The van der Waals surface area contributed by atoms with Crippen molar-refractivity contribution >= 4 is 12.3 Å². The van der Waals surface area contributed by atoms with Gasteiger partial charge in [0.15, 0.2) is 12.4 Å². The number of hydrogen-bond acceptors (Lipinski definition) is 7. The van der Waals surface area contributed by atoms with Crippen molar-refractivity contribution in [3.05, 3.63) is 24.5 Å². The van der Waals surface area contributed by atoms with Gasteiger partial charge < -0.3 is 35.1 Å². The molecule has 0 bridgehead atoms. The number of carbonyl (C=O) groups is 2. The molecule has 5 N–H and O–H groups in total. The van der Waals surface area contributed by atoms with Crippen LogP contribution >= 0.6 is 0 Å². The van der Waals surface area contributed by atoms with Crippen LogP contribution in [0.25, 0.3) is 0 Å². The quantitative estimate of drug-likeness (QED) is 0.356. The van der Waals surface area contributed by atoms with Crippen molar-refractivity contribution in [3.8, 4) is 0 Å². The minimum absolute atomic E-state index is 0.0809. The number of ether oxygens (including phenoxy) is 1. The molecule has 0 radical (unpaired) electrons. The molecule has 0 amide bonds. The number of aldehydes is 1. The van der Waals surface area contributed by atoms with Crippen LogP contribution in [0.4, 0.5) is 0 Å². The minimum Gasteiger partial charge on any atom is -0.497 e. The van der Waals surface area contributed by atoms with Crippen LogP contribution in [0.2, 0.25) is 0 Å². The Balaban J connectivity index is 0.000000443. The SMILES string of the molecule is C1=CCOC=C1.O=CC(O)C(O)C(O)C(O)C(=O)O. The highest BCUT2D eigenvalue weighted by Crippen LogP contribution is 2.03. The van der Waals surface area contributed by atoms with Gasteiger partial charge in [0.05, 0.1) is 6.26 Å². The normalized spacial score (nSPS) is 19.2. The summed E-state index contributed by atoms with van der Waals surface area (Å²) < 4.78 is 4.80. The van der Waals surface area contributed by atoms with E-state index in [-0.39, 0.29) is 6.29 Å². The van der Waals surface area contributed by atoms with Gasteiger partial charge in [-0.2, -0.15) is 0 Å². The summed E-state index contributed by atoms with van der Waals surface area (Å²) >= 11 is 0. The van der Waals surface area contributed by atoms with E-state index < -0.39 is 30.4 Å². The second-order valence-corrected chi connectivity index (χ2v) is 3.48. The van der Waals surface area contributed by atoms with Crippen LogP contribution < -0.4 is 0 Å². The van der Waals surface area contributed by atoms with Crippen LogP contribution in [0.1, 0.15) is 0 Å². The molecular weight excluding hydrogens is 260 g/mol. The summed E-state index contributed by atoms with van der Waals surface area (Å²) in [6.45, 7) is 0.733. The highest BCUT2D eigenvalue weighted by molar-refractivity contribution is 5.73. The van der Waals surface area contributed by atoms with Crippen molar-refractivity contribution in [2.75, 3.05) is 6.61 Å². The average Bonchev–Trinajstić information content (AvgIpc) is 2.46. The van der Waals surface area contributed by atoms with Crippen molar-refractivity contribution in [2.45, 2.75) is 24.4 Å². The Kier molecular flexibility index (Phi) is 8.38. The number of carbonyl (C=O) groups excluding carboxylic acids is 1. The highest BCUT2D eigenvalue weighted by atomic mass is 16.5. The summed E-state index contributed by atoms with van der Waals surface area (Å²) in [6, 6.07) is 0. The Hall–Kier alpha value is -1.74. The third-order valence-corrected chi connectivity index (χ3v) is 2.03. The topological polar surface area (TPSA) is 145 Å². The molecular formula is C11H16O8. The zero-order valence-electron chi connectivity index (χ0n) is 9.86. The molecule has 0 aromatic carbocycles. The zero-order valence-corrected chi connectivity index (χ0v) is 9.86. The largest absolute Gasteiger partial charge is 0.497 e. The maximum absolute atomic E-state index is 10.1. The number of carboxylic acid groups (broad SMARTS) is 1. The standard InChI is InChI=1S/C6H10O7.C5H6O/c7-1-2(8)3(9)4(10)5(11)6(12)13;1-2-4-6-5-3-1/h1-5,8-11H,(H,12,13);1-4H,5H2. The van der Waals surface area contributed by atoms with Gasteiger partial charge in [-0.05, 0) is 12.2 Å². The van der Waals surface area contributed by atoms with Crippen LogP contribution in [0.3, 0.4) is 0 Å². The summed E-state index contributed by atoms with van der Waals surface area (Å²) in [5.74, 6) is -1.76. The van der Waals surface area contributed by atoms with Gasteiger partial charge in [-0.15, -0.1) is 0 Å². The first kappa shape index (κ1) is 17.3. The Bertz CT molecular complexity index is 326. The Labute approximate surface area is 108 Å². The fourth-order valence-electron chi connectivity index (χ4n) is 0.962. The fraction of sp³-hybridized carbons (Fsp3) is 0.455. The number of aliphatic carboxylic acids is 1. The number of allylic oxidation sites excluding steroid dienone is 2. The molecule has 8 nitrogen and oxygen atoms in total. The second kappa shape index (κ2) is 9.22. The molecule has 1 heterocycles. The molecule has 0 fully saturated rings. The van der Waals surface area contributed by atoms with E-state index in [4.69, 9.17) is 30.3 Å². The molecule has 0 spiro atoms. The molecule has 1 aliphatic heterocycles. The van der Waals surface area contributed by atoms with Gasteiger partial charge >= 0.3 is 5.97 Å². The smallest absolute Gasteiger partial charge is 0.335 e. The van der Waals surface area contributed by atoms with Crippen LogP contribution in [0.15, 0.2) is 24.5 Å². The Morgan fingerprint density at radius 2 is 1.79 bits per heavy atom. The van der Waals surface area contributed by atoms with E-state index in [0.717, 1.165) is 6.61 Å². The van der Waals surface area contributed by atoms with Crippen molar-refractivity contribution in [1.29, 1.82) is 0 Å². The molecule has 0 saturated heterocycles. The number of aliphatic hydroxyl groups is 4. The van der Waals surface area contributed by atoms with Crippen molar-refractivity contribution in [1.82, 2.24) is 0 Å². The van der Waals surface area contributed by atoms with Gasteiger partial charge in [0, 0.05) is 0 Å². The molecule has 108 valence electrons. The van der Waals surface area contributed by atoms with Crippen LogP contribution in [-0.4, -0.2) is 68.8 Å². The van der Waals surface area contributed by atoms with Gasteiger partial charge in [0.2, 0.25) is 0 Å². The third-order valence-electron chi connectivity index (χ3n) is 2.03. The lowest BCUT2D eigenvalue weighted by Crippen LogP contribution is -2.48. The summed E-state index contributed by atoms with van der Waals surface area (Å²) in [5, 5.41) is 43.2. The van der Waals surface area contributed by atoms with Crippen LogP contribution in [0, 0.1) is 0 Å². The zero-order chi connectivity index (χ0) is 14.8. The number of carboxylic acids is 1. The van der Waals surface area contributed by atoms with E-state index in [1.54, 1.807) is 6.26 Å². The Morgan fingerprint density at radius 3 is 2.05 bits per heavy atom. The Morgan fingerprint density at radius 1 is 1.16 bits per heavy atom. The third kappa shape index (κ3) is 6.67. The van der Waals surface area contributed by atoms with Crippen molar-refractivity contribution in [2.24, 2.45) is 0 Å². The molecule has 4 atom stereocenters. The van der Waals surface area contributed by atoms with E-state index in [0.29, 0.717) is 0 Å². The van der Waals surface area contributed by atoms with Crippen molar-refractivity contribution < 1.29 is 39.9 Å². The van der Waals surface area contributed by atoms with E-state index in [1.165, 1.54) is 0 Å². The van der Waals surface area contributed by atoms with Gasteiger partial charge in [-0.1, -0.05) is 6.08 Å². The van der Waals surface area contributed by atoms with Gasteiger partial charge in [0.25, 0.3) is 0 Å². The molecule has 0 aromatic heterocycles. The van der Waals surface area contributed by atoms with Gasteiger partial charge in [-0.25, -0.2) is 4.79 Å². The monoisotopic (exact) mass is 276 g/mol. The maximum Gasteiger partial charge on any atom is 0.335 e. The lowest BCUT2D eigenvalue weighted by atomic mass is 10.0. The molecule has 0 aliphatic carbocycles. The van der Waals surface area contributed by atoms with Crippen LogP contribution in [-0.2, 0) is 14.3 Å². The summed E-state index contributed by atoms with van der Waals surface area (Å²) in [5.41, 5.74) is 0. The van der Waals surface area contributed by atoms with E-state index in [9.17, 15) is 9.59 Å². The second-order valence-electron chi connectivity index (χ2n) is 3.48. The van der Waals surface area contributed by atoms with E-state index in [2.05, 4.69) is 0 Å². The molecule has 1 rings (SSSR count). The van der Waals surface area contributed by atoms with Gasteiger partial charge in [-0.3, -0.25) is 0 Å². The van der Waals surface area contributed by atoms with E-state index in [1.807, 2.05) is 18.2 Å². The number of aliphatic hydroxyl groups excluding tert-OH is 4. The summed E-state index contributed by atoms with van der Waals surface area (Å²) in [7, 11) is 0. The summed E-state index contributed by atoms with van der Waals surface area (Å²) in [4.78, 5) is 20.0. The fourth-order valence-corrected chi connectivity index (χ4v) is 0.962. The molecule has 1 aliphatic rings. The number of hydrogen-bond donors (Lipinski definition) is 5. The molecule has 0 aromatic rings. The molecule has 0 saturated carbocycles. The number of rotatable bonds is 5. The molecule has 8 heteroatoms. The molecule has 4 unspecified atom stereocenters. The minimum atomic E-state index is -2.25. The average molecular weight is 276 g/mol. The van der Waals surface area contributed by atoms with Gasteiger partial charge in [0.1, 0.15) is 24.9 Å². The van der Waals surface area contributed by atoms with Crippen molar-refractivity contribution in [3.63, 3.8) is 0 Å². The molecule has 19 heavy (non-hydrogen) atoms. The van der Waals surface area contributed by atoms with Crippen LogP contribution in [0.5, 0.6) is 0 Å². The highest BCUT2D eigenvalue weighted by Gasteiger charge is 2.33. The van der Waals surface area contributed by atoms with E-state index >= 15 is 0 Å². The summed E-state index contributed by atoms with van der Waals surface area (Å²) in [6.07, 6.45) is -0.926. The predicted molar refractivity (Wildman–Crippen MR) is 62.0 cm³/mol. The maximum atomic E-state index is 10.1. The predicted octanol–water partition coefficient (Wildman–Crippen LogP) is -2.20. The first-order chi connectivity index (χ1) is 8.91. The first-order valence-electron chi connectivity index (χ1n) is 5.25. The lowest BCUT2D eigenvalue weighted by molar-refractivity contribution is -0.163. The first-order valence-corrected chi connectivity index (χ1v) is 5.25. The lowest BCUT2D eigenvalue weighted by Gasteiger charge is -2.21.